The third-order valence-electron chi connectivity index (χ3n) is 9.56. The van der Waals surface area contributed by atoms with Gasteiger partial charge in [0.15, 0.2) is 0 Å². The molecule has 2 aromatic carbocycles. The topological polar surface area (TPSA) is 58.4 Å². The van der Waals surface area contributed by atoms with Gasteiger partial charge in [-0.3, -0.25) is 9.36 Å². The van der Waals surface area contributed by atoms with Gasteiger partial charge < -0.3 is 10.0 Å². The van der Waals surface area contributed by atoms with E-state index in [2.05, 4.69) is 46.5 Å². The van der Waals surface area contributed by atoms with Crippen LogP contribution >= 0.6 is 11.6 Å². The Morgan fingerprint density at radius 1 is 1.09 bits per heavy atom. The number of hydrogen-bond donors (Lipinski definition) is 1. The quantitative estimate of drug-likeness (QED) is 0.559. The first kappa shape index (κ1) is 22.0. The number of aliphatic hydroxyl groups excluding tert-OH is 1. The number of aliphatic hydroxyl groups is 1. The van der Waals surface area contributed by atoms with E-state index in [4.69, 9.17) is 11.6 Å². The van der Waals surface area contributed by atoms with Crippen molar-refractivity contribution in [3.8, 4) is 5.69 Å². The van der Waals surface area contributed by atoms with Crippen LogP contribution in [0.25, 0.3) is 16.6 Å². The highest BCUT2D eigenvalue weighted by Gasteiger charge is 2.67. The van der Waals surface area contributed by atoms with Crippen LogP contribution < -0.4 is 5.56 Å². The minimum absolute atomic E-state index is 0.251. The normalized spacial score (nSPS) is 28.9. The van der Waals surface area contributed by atoms with Gasteiger partial charge in [-0.15, -0.1) is 0 Å². The van der Waals surface area contributed by atoms with Crippen LogP contribution in [-0.4, -0.2) is 45.8 Å². The first-order valence-corrected chi connectivity index (χ1v) is 13.3. The van der Waals surface area contributed by atoms with Crippen molar-refractivity contribution < 1.29 is 5.11 Å². The summed E-state index contributed by atoms with van der Waals surface area (Å²) in [7, 11) is 0. The van der Waals surface area contributed by atoms with Crippen molar-refractivity contribution in [3.63, 3.8) is 0 Å². The maximum Gasteiger partial charge on any atom is 0.282 e. The van der Waals surface area contributed by atoms with Crippen LogP contribution in [0.4, 0.5) is 0 Å². The zero-order valence-corrected chi connectivity index (χ0v) is 21.2. The monoisotopic (exact) mass is 489 g/mol. The lowest BCUT2D eigenvalue weighted by atomic mass is 9.35. The van der Waals surface area contributed by atoms with Crippen LogP contribution in [0.1, 0.15) is 68.8 Å². The number of rotatable bonds is 4. The zero-order valence-electron chi connectivity index (χ0n) is 20.5. The van der Waals surface area contributed by atoms with E-state index in [9.17, 15) is 9.90 Å². The predicted molar refractivity (Wildman–Crippen MR) is 139 cm³/mol. The van der Waals surface area contributed by atoms with Gasteiger partial charge in [0.1, 0.15) is 5.82 Å². The van der Waals surface area contributed by atoms with Gasteiger partial charge in [-0.1, -0.05) is 29.8 Å². The van der Waals surface area contributed by atoms with E-state index < -0.39 is 0 Å². The molecule has 3 heterocycles. The van der Waals surface area contributed by atoms with Gasteiger partial charge in [-0.05, 0) is 105 Å². The minimum atomic E-state index is -0.353. The number of aromatic nitrogens is 2. The van der Waals surface area contributed by atoms with Crippen molar-refractivity contribution in [2.75, 3.05) is 26.2 Å². The molecule has 2 aliphatic heterocycles. The first-order chi connectivity index (χ1) is 16.7. The number of halogens is 1. The molecular weight excluding hydrogens is 458 g/mol. The highest BCUT2D eigenvalue weighted by Crippen LogP contribution is 2.73. The van der Waals surface area contributed by atoms with Crippen molar-refractivity contribution in [3.05, 3.63) is 68.7 Å². The molecule has 0 amide bonds. The molecule has 0 radical (unpaired) electrons. The Labute approximate surface area is 210 Å². The number of hydrogen-bond acceptors (Lipinski definition) is 4. The van der Waals surface area contributed by atoms with Crippen LogP contribution in [0.15, 0.2) is 41.2 Å². The lowest BCUT2D eigenvalue weighted by molar-refractivity contribution is -0.231. The zero-order chi connectivity index (χ0) is 24.2. The van der Waals surface area contributed by atoms with Gasteiger partial charge in [0, 0.05) is 13.2 Å². The van der Waals surface area contributed by atoms with Crippen LogP contribution in [0, 0.1) is 10.8 Å². The maximum atomic E-state index is 12.9. The second kappa shape index (κ2) is 7.18. The molecule has 3 saturated carbocycles. The predicted octanol–water partition coefficient (Wildman–Crippen LogP) is 5.02. The van der Waals surface area contributed by atoms with E-state index >= 15 is 0 Å². The first-order valence-electron chi connectivity index (χ1n) is 12.9. The lowest BCUT2D eigenvalue weighted by Gasteiger charge is -2.71. The van der Waals surface area contributed by atoms with Crippen molar-refractivity contribution in [2.45, 2.75) is 57.3 Å². The fourth-order valence-electron chi connectivity index (χ4n) is 7.98. The van der Waals surface area contributed by atoms with Crippen molar-refractivity contribution in [2.24, 2.45) is 10.8 Å². The summed E-state index contributed by atoms with van der Waals surface area (Å²) >= 11 is 6.40. The Balaban J connectivity index is 1.16. The Morgan fingerprint density at radius 3 is 2.54 bits per heavy atom. The molecule has 1 N–H and O–H groups in total. The minimum Gasteiger partial charge on any atom is -0.396 e. The van der Waals surface area contributed by atoms with E-state index in [1.807, 2.05) is 12.1 Å². The van der Waals surface area contributed by atoms with Crippen LogP contribution in [0.3, 0.4) is 0 Å². The third-order valence-corrected chi connectivity index (χ3v) is 9.88. The molecule has 5 nitrogen and oxygen atoms in total. The lowest BCUT2D eigenvalue weighted by Crippen LogP contribution is -2.67. The van der Waals surface area contributed by atoms with Gasteiger partial charge in [0.2, 0.25) is 0 Å². The summed E-state index contributed by atoms with van der Waals surface area (Å²) in [6.45, 7) is 8.23. The molecule has 35 heavy (non-hydrogen) atoms. The molecule has 1 aromatic heterocycles. The molecule has 1 saturated heterocycles. The SMILES string of the molecule is CC1(C)c2cc(C3CCN(CC45CC(CO)(C4)C5)CC3)ccc2-n2c1nc(=O)c1c(Cl)cccc12. The van der Waals surface area contributed by atoms with Gasteiger partial charge in [0.25, 0.3) is 5.56 Å². The van der Waals surface area contributed by atoms with Crippen LogP contribution in [0.5, 0.6) is 0 Å². The van der Waals surface area contributed by atoms with Gasteiger partial charge >= 0.3 is 0 Å². The maximum absolute atomic E-state index is 12.9. The van der Waals surface area contributed by atoms with Crippen molar-refractivity contribution >= 4 is 22.5 Å². The summed E-state index contributed by atoms with van der Waals surface area (Å²) in [6.07, 6.45) is 6.05. The Kier molecular flexibility index (Phi) is 4.52. The average Bonchev–Trinajstić information content (AvgIpc) is 3.02. The van der Waals surface area contributed by atoms with Crippen LogP contribution in [-0.2, 0) is 5.41 Å². The number of piperidine rings is 1. The molecular formula is C29H32ClN3O2. The fourth-order valence-corrected chi connectivity index (χ4v) is 8.23. The van der Waals surface area contributed by atoms with Crippen molar-refractivity contribution in [1.82, 2.24) is 14.5 Å². The molecule has 3 aliphatic carbocycles. The number of fused-ring (bicyclic) bond motifs is 5. The average molecular weight is 490 g/mol. The largest absolute Gasteiger partial charge is 0.396 e. The smallest absolute Gasteiger partial charge is 0.282 e. The van der Waals surface area contributed by atoms with E-state index in [0.29, 0.717) is 33.8 Å². The van der Waals surface area contributed by atoms with Crippen molar-refractivity contribution in [1.29, 1.82) is 0 Å². The molecule has 3 aromatic rings. The summed E-state index contributed by atoms with van der Waals surface area (Å²) in [5.41, 5.74) is 4.77. The summed E-state index contributed by atoms with van der Waals surface area (Å²) in [6, 6.07) is 12.5. The van der Waals surface area contributed by atoms with E-state index in [0.717, 1.165) is 30.1 Å². The summed E-state index contributed by atoms with van der Waals surface area (Å²) < 4.78 is 2.13. The number of benzene rings is 2. The second-order valence-electron chi connectivity index (χ2n) is 12.4. The molecule has 182 valence electrons. The summed E-state index contributed by atoms with van der Waals surface area (Å²) in [4.78, 5) is 20.1. The summed E-state index contributed by atoms with van der Waals surface area (Å²) in [5.74, 6) is 1.35. The Morgan fingerprint density at radius 2 is 1.83 bits per heavy atom. The molecule has 6 heteroatoms. The molecule has 4 fully saturated rings. The number of likely N-dealkylation sites (tertiary alicyclic amines) is 1. The Bertz CT molecular complexity index is 1410. The van der Waals surface area contributed by atoms with Gasteiger partial charge in [-0.25, -0.2) is 0 Å². The third kappa shape index (κ3) is 3.01. The van der Waals surface area contributed by atoms with Gasteiger partial charge in [-0.2, -0.15) is 4.98 Å². The second-order valence-corrected chi connectivity index (χ2v) is 12.8. The molecule has 5 aliphatic rings. The molecule has 2 bridgehead atoms. The van der Waals surface area contributed by atoms with Crippen LogP contribution in [0.2, 0.25) is 5.02 Å². The van der Waals surface area contributed by atoms with E-state index in [-0.39, 0.29) is 11.0 Å². The van der Waals surface area contributed by atoms with E-state index in [1.54, 1.807) is 6.07 Å². The molecule has 0 unspecified atom stereocenters. The fraction of sp³-hybridized carbons (Fsp3) is 0.517. The Hall–Kier alpha value is -2.21. The van der Waals surface area contributed by atoms with Gasteiger partial charge in [0.05, 0.1) is 27.0 Å². The molecule has 0 spiro atoms. The highest BCUT2D eigenvalue weighted by molar-refractivity contribution is 6.35. The number of nitrogens with zero attached hydrogens (tertiary/aromatic N) is 3. The molecule has 0 atom stereocenters. The standard InChI is InChI=1S/C29H32ClN3O2/c1-27(2)20-12-19(18-8-10-32(11-9-18)16-28-13-29(14-28,15-28)17-34)6-7-22(20)33-23-5-3-4-21(30)24(23)25(35)31-26(27)33/h3-7,12,18,34H,8-11,13-17H2,1-2H3. The van der Waals surface area contributed by atoms with E-state index in [1.165, 1.54) is 49.8 Å². The summed E-state index contributed by atoms with van der Waals surface area (Å²) in [5, 5.41) is 10.5. The molecule has 8 rings (SSSR count). The highest BCUT2D eigenvalue weighted by atomic mass is 35.5.